The average Bonchev–Trinajstić information content (AvgIpc) is 2.19. The minimum Gasteiger partial charge on any atom is -0.493 e. The van der Waals surface area contributed by atoms with Crippen LogP contribution in [0.3, 0.4) is 0 Å². The molecule has 1 aromatic rings. The van der Waals surface area contributed by atoms with Crippen molar-refractivity contribution in [2.24, 2.45) is 5.73 Å². The molecule has 0 aliphatic heterocycles. The lowest BCUT2D eigenvalue weighted by Crippen LogP contribution is -2.21. The molecule has 0 radical (unpaired) electrons. The monoisotopic (exact) mass is 222 g/mol. The zero-order valence-corrected chi connectivity index (χ0v) is 9.91. The van der Waals surface area contributed by atoms with Crippen LogP contribution in [0, 0.1) is 12.3 Å². The van der Waals surface area contributed by atoms with Crippen LogP contribution in [0.2, 0.25) is 0 Å². The Bertz CT molecular complexity index is 377. The van der Waals surface area contributed by atoms with E-state index in [1.807, 2.05) is 32.0 Å². The molecule has 0 spiro atoms. The van der Waals surface area contributed by atoms with E-state index < -0.39 is 0 Å². The van der Waals surface area contributed by atoms with Crippen LogP contribution >= 0.6 is 0 Å². The van der Waals surface area contributed by atoms with Gasteiger partial charge in [-0.25, -0.2) is 0 Å². The van der Waals surface area contributed by atoms with Crippen molar-refractivity contribution < 1.29 is 9.47 Å². The number of amidine groups is 1. The summed E-state index contributed by atoms with van der Waals surface area (Å²) < 4.78 is 10.9. The molecule has 0 saturated heterocycles. The van der Waals surface area contributed by atoms with E-state index in [4.69, 9.17) is 20.6 Å². The number of aryl methyl sites for hydroxylation is 1. The van der Waals surface area contributed by atoms with Crippen molar-refractivity contribution in [3.63, 3.8) is 0 Å². The normalized spacial score (nSPS) is 11.9. The molecule has 3 N–H and O–H groups in total. The highest BCUT2D eigenvalue weighted by Gasteiger charge is 2.10. The lowest BCUT2D eigenvalue weighted by atomic mass is 10.2. The summed E-state index contributed by atoms with van der Waals surface area (Å²) in [6, 6.07) is 5.74. The smallest absolute Gasteiger partial charge is 0.161 e. The summed E-state index contributed by atoms with van der Waals surface area (Å²) in [5.41, 5.74) is 6.43. The van der Waals surface area contributed by atoms with E-state index in [1.165, 1.54) is 0 Å². The van der Waals surface area contributed by atoms with Crippen LogP contribution in [0.5, 0.6) is 11.5 Å². The zero-order chi connectivity index (χ0) is 12.1. The Labute approximate surface area is 95.9 Å². The molecule has 0 amide bonds. The van der Waals surface area contributed by atoms with Gasteiger partial charge in [-0.05, 0) is 31.5 Å². The molecule has 0 aliphatic rings. The lowest BCUT2D eigenvalue weighted by Gasteiger charge is -2.16. The molecular formula is C12H18N2O2. The molecule has 16 heavy (non-hydrogen) atoms. The first-order valence-corrected chi connectivity index (χ1v) is 5.17. The fraction of sp³-hybridized carbons (Fsp3) is 0.417. The van der Waals surface area contributed by atoms with E-state index in [-0.39, 0.29) is 11.9 Å². The summed E-state index contributed by atoms with van der Waals surface area (Å²) in [5, 5.41) is 7.19. The van der Waals surface area contributed by atoms with Gasteiger partial charge in [-0.15, -0.1) is 0 Å². The Morgan fingerprint density at radius 2 is 2.12 bits per heavy atom. The van der Waals surface area contributed by atoms with Crippen molar-refractivity contribution >= 4 is 5.84 Å². The highest BCUT2D eigenvalue weighted by Crippen LogP contribution is 2.28. The third-order valence-corrected chi connectivity index (χ3v) is 2.15. The number of ether oxygens (including phenoxy) is 2. The first-order chi connectivity index (χ1) is 7.52. The number of hydrogen-bond donors (Lipinski definition) is 2. The van der Waals surface area contributed by atoms with Crippen LogP contribution in [0.15, 0.2) is 18.2 Å². The van der Waals surface area contributed by atoms with Crippen LogP contribution in [0.25, 0.3) is 0 Å². The van der Waals surface area contributed by atoms with Crippen LogP contribution in [0.1, 0.15) is 18.9 Å². The van der Waals surface area contributed by atoms with Gasteiger partial charge in [0.15, 0.2) is 11.5 Å². The highest BCUT2D eigenvalue weighted by atomic mass is 16.5. The molecule has 0 heterocycles. The molecule has 4 heteroatoms. The summed E-state index contributed by atoms with van der Waals surface area (Å²) in [6.45, 7) is 3.87. The number of nitrogens with one attached hydrogen (secondary N) is 1. The first kappa shape index (κ1) is 12.4. The summed E-state index contributed by atoms with van der Waals surface area (Å²) >= 11 is 0. The molecule has 1 aromatic carbocycles. The molecule has 4 nitrogen and oxygen atoms in total. The van der Waals surface area contributed by atoms with Gasteiger partial charge < -0.3 is 15.2 Å². The largest absolute Gasteiger partial charge is 0.493 e. The molecular weight excluding hydrogens is 204 g/mol. The molecule has 1 rings (SSSR count). The second-order valence-electron chi connectivity index (χ2n) is 3.81. The number of benzene rings is 1. The van der Waals surface area contributed by atoms with Gasteiger partial charge in [-0.2, -0.15) is 0 Å². The van der Waals surface area contributed by atoms with Gasteiger partial charge in [0.1, 0.15) is 6.10 Å². The lowest BCUT2D eigenvalue weighted by molar-refractivity contribution is 0.218. The van der Waals surface area contributed by atoms with Crippen molar-refractivity contribution in [2.75, 3.05) is 7.11 Å². The van der Waals surface area contributed by atoms with Gasteiger partial charge in [-0.3, -0.25) is 5.41 Å². The molecule has 0 saturated carbocycles. The summed E-state index contributed by atoms with van der Waals surface area (Å²) in [5.74, 6) is 1.51. The van der Waals surface area contributed by atoms with Gasteiger partial charge in [0.2, 0.25) is 0 Å². The second-order valence-corrected chi connectivity index (χ2v) is 3.81. The van der Waals surface area contributed by atoms with Crippen molar-refractivity contribution in [1.29, 1.82) is 5.41 Å². The summed E-state index contributed by atoms with van der Waals surface area (Å²) in [6.07, 6.45) is 0.283. The molecule has 0 bridgehead atoms. The second kappa shape index (κ2) is 5.39. The molecule has 0 aliphatic carbocycles. The Balaban J connectivity index is 2.76. The maximum Gasteiger partial charge on any atom is 0.161 e. The van der Waals surface area contributed by atoms with Crippen molar-refractivity contribution in [1.82, 2.24) is 0 Å². The van der Waals surface area contributed by atoms with Gasteiger partial charge in [0, 0.05) is 6.42 Å². The van der Waals surface area contributed by atoms with Crippen LogP contribution in [0.4, 0.5) is 0 Å². The molecule has 1 atom stereocenters. The zero-order valence-electron chi connectivity index (χ0n) is 9.91. The number of nitrogens with two attached hydrogens (primary N) is 1. The molecule has 88 valence electrons. The predicted molar refractivity (Wildman–Crippen MR) is 64.4 cm³/mol. The Kier molecular flexibility index (Phi) is 4.17. The summed E-state index contributed by atoms with van der Waals surface area (Å²) in [7, 11) is 1.61. The maximum absolute atomic E-state index is 7.19. The minimum atomic E-state index is -0.130. The number of methoxy groups -OCH3 is 1. The predicted octanol–water partition coefficient (Wildman–Crippen LogP) is 2.10. The minimum absolute atomic E-state index is 0.124. The quantitative estimate of drug-likeness (QED) is 0.592. The van der Waals surface area contributed by atoms with Crippen molar-refractivity contribution in [3.05, 3.63) is 23.8 Å². The molecule has 1 unspecified atom stereocenters. The maximum atomic E-state index is 7.19. The number of rotatable bonds is 5. The van der Waals surface area contributed by atoms with Gasteiger partial charge in [0.25, 0.3) is 0 Å². The van der Waals surface area contributed by atoms with E-state index in [1.54, 1.807) is 7.11 Å². The van der Waals surface area contributed by atoms with Gasteiger partial charge in [0.05, 0.1) is 12.9 Å². The van der Waals surface area contributed by atoms with Gasteiger partial charge in [-0.1, -0.05) is 6.07 Å². The van der Waals surface area contributed by atoms with Gasteiger partial charge >= 0.3 is 0 Å². The first-order valence-electron chi connectivity index (χ1n) is 5.17. The van der Waals surface area contributed by atoms with E-state index in [0.29, 0.717) is 17.9 Å². The highest BCUT2D eigenvalue weighted by molar-refractivity contribution is 5.77. The SMILES string of the molecule is COc1cc(C)ccc1OC(C)CC(=N)N. The standard InChI is InChI=1S/C12H18N2O2/c1-8-4-5-10(11(6-8)15-3)16-9(2)7-12(13)14/h4-6,9H,7H2,1-3H3,(H3,13,14). The fourth-order valence-electron chi connectivity index (χ4n) is 1.44. The third kappa shape index (κ3) is 3.46. The fourth-order valence-corrected chi connectivity index (χ4v) is 1.44. The average molecular weight is 222 g/mol. The topological polar surface area (TPSA) is 68.3 Å². The third-order valence-electron chi connectivity index (χ3n) is 2.15. The van der Waals surface area contributed by atoms with Crippen LogP contribution in [-0.2, 0) is 0 Å². The Hall–Kier alpha value is -1.71. The Morgan fingerprint density at radius 1 is 1.44 bits per heavy atom. The van der Waals surface area contributed by atoms with Crippen LogP contribution in [-0.4, -0.2) is 19.0 Å². The van der Waals surface area contributed by atoms with Crippen molar-refractivity contribution in [3.8, 4) is 11.5 Å². The Morgan fingerprint density at radius 3 is 2.69 bits per heavy atom. The van der Waals surface area contributed by atoms with E-state index in [0.717, 1.165) is 5.56 Å². The molecule has 0 fully saturated rings. The number of hydrogen-bond acceptors (Lipinski definition) is 3. The summed E-state index contributed by atoms with van der Waals surface area (Å²) in [4.78, 5) is 0. The van der Waals surface area contributed by atoms with E-state index in [9.17, 15) is 0 Å². The molecule has 0 aromatic heterocycles. The van der Waals surface area contributed by atoms with Crippen molar-refractivity contribution in [2.45, 2.75) is 26.4 Å². The van der Waals surface area contributed by atoms with Crippen LogP contribution < -0.4 is 15.2 Å². The van der Waals surface area contributed by atoms with E-state index >= 15 is 0 Å². The van der Waals surface area contributed by atoms with E-state index in [2.05, 4.69) is 0 Å².